The number of nitrogens with zero attached hydrogens (tertiary/aromatic N) is 3. The number of aromatic nitrogens is 1. The summed E-state index contributed by atoms with van der Waals surface area (Å²) < 4.78 is 0. The van der Waals surface area contributed by atoms with E-state index in [9.17, 15) is 4.79 Å². The molecular formula is C22H32N4O. The maximum atomic E-state index is 12.9. The number of carbonyl (C=O) groups is 1. The van der Waals surface area contributed by atoms with Crippen molar-refractivity contribution in [2.75, 3.05) is 57.8 Å². The molecule has 2 saturated heterocycles. The molecule has 2 aliphatic rings. The predicted molar refractivity (Wildman–Crippen MR) is 112 cm³/mol. The molecule has 1 N–H and O–H groups in total. The van der Waals surface area contributed by atoms with E-state index in [0.717, 1.165) is 62.0 Å². The Kier molecular flexibility index (Phi) is 5.24. The first-order valence-electron chi connectivity index (χ1n) is 10.3. The highest BCUT2D eigenvalue weighted by Gasteiger charge is 2.22. The molecule has 1 aromatic heterocycles. The van der Waals surface area contributed by atoms with Crippen LogP contribution in [0.2, 0.25) is 0 Å². The summed E-state index contributed by atoms with van der Waals surface area (Å²) in [4.78, 5) is 23.4. The Bertz CT molecular complexity index is 811. The van der Waals surface area contributed by atoms with E-state index in [1.807, 2.05) is 0 Å². The van der Waals surface area contributed by atoms with Crippen molar-refractivity contribution in [1.29, 1.82) is 0 Å². The van der Waals surface area contributed by atoms with Gasteiger partial charge in [0.2, 0.25) is 0 Å². The summed E-state index contributed by atoms with van der Waals surface area (Å²) in [5, 5.41) is 1.19. The third kappa shape index (κ3) is 3.90. The summed E-state index contributed by atoms with van der Waals surface area (Å²) in [6, 6.07) is 6.61. The van der Waals surface area contributed by atoms with E-state index in [4.69, 9.17) is 0 Å². The molecule has 2 aliphatic heterocycles. The lowest BCUT2D eigenvalue weighted by molar-refractivity contribution is 0.0872. The van der Waals surface area contributed by atoms with E-state index in [0.29, 0.717) is 6.54 Å². The SMILES string of the molecule is Cc1c(C(=O)CN2CCN(C)CC2)[nH]c2ccc(N3CCC(C)CC3)cc12. The second-order valence-corrected chi connectivity index (χ2v) is 8.53. The van der Waals surface area contributed by atoms with E-state index in [2.05, 4.69) is 58.8 Å². The standard InChI is InChI=1S/C22H32N4O/c1-16-6-8-26(9-7-16)18-4-5-20-19(14-18)17(2)22(23-20)21(27)15-25-12-10-24(3)11-13-25/h4-5,14,16,23H,6-13,15H2,1-3H3. The summed E-state index contributed by atoms with van der Waals surface area (Å²) in [7, 11) is 2.14. The fraction of sp³-hybridized carbons (Fsp3) is 0.591. The van der Waals surface area contributed by atoms with Crippen LogP contribution in [-0.4, -0.2) is 73.4 Å². The van der Waals surface area contributed by atoms with Crippen LogP contribution in [0.3, 0.4) is 0 Å². The van der Waals surface area contributed by atoms with Gasteiger partial charge in [-0.1, -0.05) is 6.92 Å². The number of hydrogen-bond acceptors (Lipinski definition) is 4. The van der Waals surface area contributed by atoms with Crippen LogP contribution in [-0.2, 0) is 0 Å². The molecular weight excluding hydrogens is 336 g/mol. The molecule has 0 radical (unpaired) electrons. The smallest absolute Gasteiger partial charge is 0.193 e. The maximum Gasteiger partial charge on any atom is 0.193 e. The van der Waals surface area contributed by atoms with Gasteiger partial charge in [-0.25, -0.2) is 0 Å². The molecule has 5 heteroatoms. The number of Topliss-reactive ketones (excluding diaryl/α,β-unsaturated/α-hetero) is 1. The fourth-order valence-corrected chi connectivity index (χ4v) is 4.35. The summed E-state index contributed by atoms with van der Waals surface area (Å²) in [5.74, 6) is 1.04. The molecule has 3 heterocycles. The van der Waals surface area contributed by atoms with E-state index >= 15 is 0 Å². The zero-order chi connectivity index (χ0) is 19.0. The molecule has 0 unspecified atom stereocenters. The van der Waals surface area contributed by atoms with Gasteiger partial charge in [0.25, 0.3) is 0 Å². The molecule has 0 spiro atoms. The van der Waals surface area contributed by atoms with Crippen LogP contribution in [0.1, 0.15) is 35.8 Å². The molecule has 0 atom stereocenters. The number of piperidine rings is 1. The average Bonchev–Trinajstić information content (AvgIpc) is 3.00. The molecule has 4 rings (SSSR count). The van der Waals surface area contributed by atoms with E-state index in [1.54, 1.807) is 0 Å². The van der Waals surface area contributed by atoms with Crippen LogP contribution in [0.4, 0.5) is 5.69 Å². The molecule has 0 aliphatic carbocycles. The number of rotatable bonds is 4. The number of aryl methyl sites for hydroxylation is 1. The van der Waals surface area contributed by atoms with Crippen molar-refractivity contribution < 1.29 is 4.79 Å². The Morgan fingerprint density at radius 3 is 2.52 bits per heavy atom. The van der Waals surface area contributed by atoms with Crippen molar-refractivity contribution in [1.82, 2.24) is 14.8 Å². The number of ketones is 1. The van der Waals surface area contributed by atoms with Gasteiger partial charge in [-0.05, 0) is 56.5 Å². The Hall–Kier alpha value is -1.85. The number of anilines is 1. The minimum atomic E-state index is 0.210. The highest BCUT2D eigenvalue weighted by atomic mass is 16.1. The minimum Gasteiger partial charge on any atom is -0.371 e. The summed E-state index contributed by atoms with van der Waals surface area (Å²) in [6.45, 7) is 11.2. The lowest BCUT2D eigenvalue weighted by Gasteiger charge is -2.32. The largest absolute Gasteiger partial charge is 0.371 e. The zero-order valence-corrected chi connectivity index (χ0v) is 16.9. The van der Waals surface area contributed by atoms with Gasteiger partial charge in [0.05, 0.1) is 12.2 Å². The molecule has 27 heavy (non-hydrogen) atoms. The number of aromatic amines is 1. The van der Waals surface area contributed by atoms with Gasteiger partial charge < -0.3 is 14.8 Å². The van der Waals surface area contributed by atoms with Crippen LogP contribution in [0.25, 0.3) is 10.9 Å². The normalized spacial score (nSPS) is 20.5. The van der Waals surface area contributed by atoms with E-state index in [-0.39, 0.29) is 5.78 Å². The monoisotopic (exact) mass is 368 g/mol. The third-order valence-corrected chi connectivity index (χ3v) is 6.43. The predicted octanol–water partition coefficient (Wildman–Crippen LogP) is 3.14. The number of carbonyl (C=O) groups excluding carboxylic acids is 1. The molecule has 146 valence electrons. The first kappa shape index (κ1) is 18.5. The van der Waals surface area contributed by atoms with Crippen LogP contribution in [0.15, 0.2) is 18.2 Å². The minimum absolute atomic E-state index is 0.210. The highest BCUT2D eigenvalue weighted by Crippen LogP contribution is 2.29. The van der Waals surface area contributed by atoms with Crippen LogP contribution in [0, 0.1) is 12.8 Å². The first-order chi connectivity index (χ1) is 13.0. The number of benzene rings is 1. The number of nitrogens with one attached hydrogen (secondary N) is 1. The Morgan fingerprint density at radius 1 is 1.11 bits per heavy atom. The average molecular weight is 369 g/mol. The molecule has 0 saturated carbocycles. The van der Waals surface area contributed by atoms with Gasteiger partial charge in [0.1, 0.15) is 0 Å². The number of likely N-dealkylation sites (N-methyl/N-ethyl adjacent to an activating group) is 1. The Morgan fingerprint density at radius 2 is 1.81 bits per heavy atom. The number of piperazine rings is 1. The second-order valence-electron chi connectivity index (χ2n) is 8.53. The van der Waals surface area contributed by atoms with E-state index in [1.165, 1.54) is 23.9 Å². The topological polar surface area (TPSA) is 42.6 Å². The van der Waals surface area contributed by atoms with Crippen molar-refractivity contribution in [3.63, 3.8) is 0 Å². The quantitative estimate of drug-likeness (QED) is 0.842. The summed E-state index contributed by atoms with van der Waals surface area (Å²) in [5.41, 5.74) is 4.24. The van der Waals surface area contributed by atoms with Crippen molar-refractivity contribution in [2.24, 2.45) is 5.92 Å². The van der Waals surface area contributed by atoms with Gasteiger partial charge in [-0.2, -0.15) is 0 Å². The summed E-state index contributed by atoms with van der Waals surface area (Å²) in [6.07, 6.45) is 2.53. The number of H-pyrrole nitrogens is 1. The van der Waals surface area contributed by atoms with Crippen LogP contribution >= 0.6 is 0 Å². The van der Waals surface area contributed by atoms with Crippen LogP contribution in [0.5, 0.6) is 0 Å². The first-order valence-corrected chi connectivity index (χ1v) is 10.3. The third-order valence-electron chi connectivity index (χ3n) is 6.43. The van der Waals surface area contributed by atoms with Gasteiger partial charge in [0, 0.05) is 55.9 Å². The highest BCUT2D eigenvalue weighted by molar-refractivity contribution is 6.03. The van der Waals surface area contributed by atoms with Crippen molar-refractivity contribution in [2.45, 2.75) is 26.7 Å². The molecule has 0 bridgehead atoms. The van der Waals surface area contributed by atoms with Gasteiger partial charge in [0.15, 0.2) is 5.78 Å². The van der Waals surface area contributed by atoms with Gasteiger partial charge in [-0.15, -0.1) is 0 Å². The summed E-state index contributed by atoms with van der Waals surface area (Å²) >= 11 is 0. The Labute approximate surface area is 162 Å². The fourth-order valence-electron chi connectivity index (χ4n) is 4.35. The molecule has 5 nitrogen and oxygen atoms in total. The van der Waals surface area contributed by atoms with Crippen LogP contribution < -0.4 is 4.90 Å². The van der Waals surface area contributed by atoms with Gasteiger partial charge in [-0.3, -0.25) is 9.69 Å². The maximum absolute atomic E-state index is 12.9. The van der Waals surface area contributed by atoms with Crippen molar-refractivity contribution in [3.05, 3.63) is 29.5 Å². The molecule has 2 fully saturated rings. The van der Waals surface area contributed by atoms with Gasteiger partial charge >= 0.3 is 0 Å². The molecule has 1 aromatic carbocycles. The zero-order valence-electron chi connectivity index (χ0n) is 16.9. The van der Waals surface area contributed by atoms with Crippen molar-refractivity contribution >= 4 is 22.4 Å². The lowest BCUT2D eigenvalue weighted by Crippen LogP contribution is -2.46. The molecule has 2 aromatic rings. The number of fused-ring (bicyclic) bond motifs is 1. The van der Waals surface area contributed by atoms with Crippen molar-refractivity contribution in [3.8, 4) is 0 Å². The lowest BCUT2D eigenvalue weighted by atomic mass is 9.98. The number of hydrogen-bond donors (Lipinski definition) is 1. The Balaban J connectivity index is 1.52. The van der Waals surface area contributed by atoms with E-state index < -0.39 is 0 Å². The second kappa shape index (κ2) is 7.64. The molecule has 0 amide bonds.